The molecule has 0 atom stereocenters. The Hall–Kier alpha value is -1.42. The van der Waals surface area contributed by atoms with Gasteiger partial charge in [0.05, 0.1) is 5.03 Å². The Labute approximate surface area is 113 Å². The molecule has 0 aliphatic carbocycles. The first-order valence-corrected chi connectivity index (χ1v) is 6.88. The van der Waals surface area contributed by atoms with Crippen LogP contribution in [0.25, 0.3) is 0 Å². The van der Waals surface area contributed by atoms with E-state index in [0.717, 1.165) is 23.0 Å². The summed E-state index contributed by atoms with van der Waals surface area (Å²) in [5.41, 5.74) is 0.903. The van der Waals surface area contributed by atoms with Crippen molar-refractivity contribution in [3.05, 3.63) is 41.4 Å². The lowest BCUT2D eigenvalue weighted by molar-refractivity contribution is 0.470. The van der Waals surface area contributed by atoms with Gasteiger partial charge >= 0.3 is 0 Å². The van der Waals surface area contributed by atoms with Crippen LogP contribution < -0.4 is 0 Å². The van der Waals surface area contributed by atoms with Crippen molar-refractivity contribution in [2.75, 3.05) is 13.6 Å². The van der Waals surface area contributed by atoms with Gasteiger partial charge in [0.1, 0.15) is 11.6 Å². The zero-order valence-corrected chi connectivity index (χ0v) is 12.0. The van der Waals surface area contributed by atoms with Gasteiger partial charge < -0.3 is 10.0 Å². The van der Waals surface area contributed by atoms with E-state index in [1.54, 1.807) is 6.07 Å². The van der Waals surface area contributed by atoms with Crippen molar-refractivity contribution in [2.24, 2.45) is 4.99 Å². The first-order valence-electron chi connectivity index (χ1n) is 5.89. The number of phenolic OH excluding ortho intramolecular Hbond substituents is 1. The Kier molecular flexibility index (Phi) is 5.78. The summed E-state index contributed by atoms with van der Waals surface area (Å²) in [6.07, 6.45) is 0. The third-order valence-corrected chi connectivity index (χ3v) is 3.58. The van der Waals surface area contributed by atoms with Gasteiger partial charge in [0.15, 0.2) is 0 Å². The Morgan fingerprint density at radius 2 is 2.11 bits per heavy atom. The van der Waals surface area contributed by atoms with E-state index in [4.69, 9.17) is 0 Å². The van der Waals surface area contributed by atoms with Gasteiger partial charge in [-0.05, 0) is 19.9 Å². The van der Waals surface area contributed by atoms with Crippen molar-refractivity contribution >= 4 is 17.6 Å². The topological polar surface area (TPSA) is 35.8 Å². The van der Waals surface area contributed by atoms with Gasteiger partial charge in [-0.2, -0.15) is 0 Å². The summed E-state index contributed by atoms with van der Waals surface area (Å²) in [6.45, 7) is 8.89. The minimum absolute atomic E-state index is 0.323. The van der Waals surface area contributed by atoms with Crippen molar-refractivity contribution in [3.63, 3.8) is 0 Å². The molecule has 0 spiro atoms. The molecule has 0 aliphatic heterocycles. The summed E-state index contributed by atoms with van der Waals surface area (Å²) in [5.74, 6) is 1.95. The van der Waals surface area contributed by atoms with Crippen LogP contribution in [-0.2, 0) is 5.75 Å². The molecule has 18 heavy (non-hydrogen) atoms. The van der Waals surface area contributed by atoms with Crippen LogP contribution in [-0.4, -0.2) is 29.4 Å². The molecule has 0 amide bonds. The van der Waals surface area contributed by atoms with Crippen LogP contribution in [0.5, 0.6) is 5.75 Å². The van der Waals surface area contributed by atoms with E-state index in [2.05, 4.69) is 23.4 Å². The summed E-state index contributed by atoms with van der Waals surface area (Å²) < 4.78 is 0. The summed E-state index contributed by atoms with van der Waals surface area (Å²) in [6, 6.07) is 7.33. The fourth-order valence-corrected chi connectivity index (χ4v) is 2.08. The van der Waals surface area contributed by atoms with Crippen LogP contribution in [0.15, 0.2) is 40.9 Å². The summed E-state index contributed by atoms with van der Waals surface area (Å²) >= 11 is 1.53. The van der Waals surface area contributed by atoms with Crippen LogP contribution in [0.4, 0.5) is 0 Å². The van der Waals surface area contributed by atoms with Crippen molar-refractivity contribution < 1.29 is 5.11 Å². The quantitative estimate of drug-likeness (QED) is 0.653. The number of nitrogens with zero attached hydrogens (tertiary/aromatic N) is 2. The van der Waals surface area contributed by atoms with E-state index in [0.29, 0.717) is 11.5 Å². The summed E-state index contributed by atoms with van der Waals surface area (Å²) in [4.78, 5) is 6.48. The van der Waals surface area contributed by atoms with Crippen LogP contribution in [0.1, 0.15) is 19.4 Å². The van der Waals surface area contributed by atoms with Gasteiger partial charge in [-0.25, -0.2) is 4.99 Å². The SMILES string of the molecule is C=C(/N=C(/C)N(C)CC)SCc1ccccc1O. The highest BCUT2D eigenvalue weighted by Crippen LogP contribution is 2.26. The number of aromatic hydroxyl groups is 1. The van der Waals surface area contributed by atoms with Crippen LogP contribution in [0.2, 0.25) is 0 Å². The number of benzene rings is 1. The van der Waals surface area contributed by atoms with E-state index in [9.17, 15) is 5.11 Å². The fraction of sp³-hybridized carbons (Fsp3) is 0.357. The minimum atomic E-state index is 0.323. The monoisotopic (exact) mass is 264 g/mol. The first-order chi connectivity index (χ1) is 8.54. The second-order valence-electron chi connectivity index (χ2n) is 3.98. The largest absolute Gasteiger partial charge is 0.508 e. The Bertz CT molecular complexity index is 443. The normalized spacial score (nSPS) is 11.4. The highest BCUT2D eigenvalue weighted by Gasteiger charge is 2.02. The lowest BCUT2D eigenvalue weighted by atomic mass is 10.2. The average molecular weight is 264 g/mol. The Morgan fingerprint density at radius 1 is 1.44 bits per heavy atom. The number of aliphatic imine (C=N–C) groups is 1. The Morgan fingerprint density at radius 3 is 2.72 bits per heavy atom. The minimum Gasteiger partial charge on any atom is -0.508 e. The van der Waals surface area contributed by atoms with Crippen molar-refractivity contribution in [1.82, 2.24) is 4.90 Å². The number of hydrogen-bond acceptors (Lipinski definition) is 3. The van der Waals surface area contributed by atoms with Gasteiger partial charge in [0.2, 0.25) is 0 Å². The van der Waals surface area contributed by atoms with Gasteiger partial charge in [-0.15, -0.1) is 11.8 Å². The molecule has 0 saturated heterocycles. The first kappa shape index (κ1) is 14.6. The van der Waals surface area contributed by atoms with Crippen molar-refractivity contribution in [3.8, 4) is 5.75 Å². The highest BCUT2D eigenvalue weighted by molar-refractivity contribution is 8.02. The highest BCUT2D eigenvalue weighted by atomic mass is 32.2. The van der Waals surface area contributed by atoms with Crippen molar-refractivity contribution in [1.29, 1.82) is 0 Å². The molecular weight excluding hydrogens is 244 g/mol. The second-order valence-corrected chi connectivity index (χ2v) is 5.03. The molecule has 0 aromatic heterocycles. The smallest absolute Gasteiger partial charge is 0.119 e. The molecule has 0 aliphatic rings. The summed E-state index contributed by atoms with van der Waals surface area (Å²) in [5, 5.41) is 10.4. The molecular formula is C14H20N2OS. The number of phenols is 1. The lowest BCUT2D eigenvalue weighted by Crippen LogP contribution is -2.23. The fourth-order valence-electron chi connectivity index (χ4n) is 1.32. The average Bonchev–Trinajstić information content (AvgIpc) is 2.36. The van der Waals surface area contributed by atoms with Gasteiger partial charge in [-0.1, -0.05) is 24.8 Å². The standard InChI is InChI=1S/C14H20N2OS/c1-5-16(4)11(2)15-12(3)18-10-13-8-6-7-9-14(13)17/h6-9,17H,3,5,10H2,1-2,4H3/b15-11-. The zero-order chi connectivity index (χ0) is 13.5. The molecule has 98 valence electrons. The van der Waals surface area contributed by atoms with E-state index in [-0.39, 0.29) is 0 Å². The van der Waals surface area contributed by atoms with Gasteiger partial charge in [-0.3, -0.25) is 0 Å². The number of amidine groups is 1. The predicted octanol–water partition coefficient (Wildman–Crippen LogP) is 3.47. The maximum absolute atomic E-state index is 9.64. The Balaban J connectivity index is 2.55. The maximum Gasteiger partial charge on any atom is 0.119 e. The molecule has 0 radical (unpaired) electrons. The lowest BCUT2D eigenvalue weighted by Gasteiger charge is -2.16. The van der Waals surface area contributed by atoms with E-state index >= 15 is 0 Å². The molecule has 0 bridgehead atoms. The molecule has 3 nitrogen and oxygen atoms in total. The van der Waals surface area contributed by atoms with E-state index < -0.39 is 0 Å². The molecule has 1 aromatic carbocycles. The number of para-hydroxylation sites is 1. The molecule has 0 heterocycles. The number of hydrogen-bond donors (Lipinski definition) is 1. The van der Waals surface area contributed by atoms with Crippen molar-refractivity contribution in [2.45, 2.75) is 19.6 Å². The third kappa shape index (κ3) is 4.45. The molecule has 1 rings (SSSR count). The molecule has 0 fully saturated rings. The van der Waals surface area contributed by atoms with E-state index in [1.165, 1.54) is 11.8 Å². The van der Waals surface area contributed by atoms with Crippen LogP contribution in [0, 0.1) is 0 Å². The van der Waals surface area contributed by atoms with Crippen LogP contribution >= 0.6 is 11.8 Å². The molecule has 1 N–H and O–H groups in total. The number of rotatable bonds is 5. The zero-order valence-electron chi connectivity index (χ0n) is 11.2. The van der Waals surface area contributed by atoms with Gasteiger partial charge in [0, 0.05) is 24.9 Å². The third-order valence-electron chi connectivity index (χ3n) is 2.70. The molecule has 4 heteroatoms. The molecule has 0 saturated carbocycles. The molecule has 0 unspecified atom stereocenters. The predicted molar refractivity (Wildman–Crippen MR) is 80.0 cm³/mol. The maximum atomic E-state index is 9.64. The summed E-state index contributed by atoms with van der Waals surface area (Å²) in [7, 11) is 2.00. The van der Waals surface area contributed by atoms with E-state index in [1.807, 2.05) is 32.2 Å². The molecule has 1 aromatic rings. The van der Waals surface area contributed by atoms with Gasteiger partial charge in [0.25, 0.3) is 0 Å². The second kappa shape index (κ2) is 7.11. The number of thioether (sulfide) groups is 1. The van der Waals surface area contributed by atoms with Crippen LogP contribution in [0.3, 0.4) is 0 Å².